The summed E-state index contributed by atoms with van der Waals surface area (Å²) in [4.78, 5) is 36.1. The second-order valence-corrected chi connectivity index (χ2v) is 8.75. The molecule has 0 radical (unpaired) electrons. The van der Waals surface area contributed by atoms with Gasteiger partial charge in [-0.1, -0.05) is 48.5 Å². The quantitative estimate of drug-likeness (QED) is 0.464. The number of amides is 2. The van der Waals surface area contributed by atoms with Crippen molar-refractivity contribution in [2.75, 3.05) is 13.2 Å². The second-order valence-electron chi connectivity index (χ2n) is 8.75. The Labute approximate surface area is 192 Å². The number of carboxylic acids is 1. The van der Waals surface area contributed by atoms with Crippen LogP contribution in [0.2, 0.25) is 0 Å². The van der Waals surface area contributed by atoms with Crippen LogP contribution in [-0.2, 0) is 14.3 Å². The van der Waals surface area contributed by atoms with Gasteiger partial charge in [-0.3, -0.25) is 9.59 Å². The molecule has 0 aliphatic heterocycles. The minimum atomic E-state index is -1.07. The topological polar surface area (TPSA) is 125 Å². The highest BCUT2D eigenvalue weighted by atomic mass is 16.5. The van der Waals surface area contributed by atoms with Gasteiger partial charge in [-0.25, -0.2) is 4.79 Å². The number of alkyl carbamates (subject to hydrolysis) is 1. The van der Waals surface area contributed by atoms with E-state index in [0.29, 0.717) is 12.8 Å². The summed E-state index contributed by atoms with van der Waals surface area (Å²) < 4.78 is 5.48. The normalized spacial score (nSPS) is 16.6. The fraction of sp³-hybridized carbons (Fsp3) is 0.400. The van der Waals surface area contributed by atoms with Crippen LogP contribution in [0.3, 0.4) is 0 Å². The standard InChI is InChI=1S/C25H28N2O6/c28-22(29)11-10-21(23(30)26-15-25(32)12-5-13-25)27-24(31)33-14-20-18-8-3-1-6-16(18)17-7-2-4-9-19(17)20/h1-4,6-9,20-21,32H,5,10-15H2,(H,26,30)(H,27,31)(H,28,29). The molecule has 2 aliphatic carbocycles. The molecule has 1 fully saturated rings. The van der Waals surface area contributed by atoms with Crippen LogP contribution in [0.1, 0.15) is 49.1 Å². The lowest BCUT2D eigenvalue weighted by molar-refractivity contribution is -0.137. The zero-order valence-electron chi connectivity index (χ0n) is 18.3. The van der Waals surface area contributed by atoms with Crippen molar-refractivity contribution in [3.05, 3.63) is 59.7 Å². The van der Waals surface area contributed by atoms with E-state index in [9.17, 15) is 19.5 Å². The lowest BCUT2D eigenvalue weighted by atomic mass is 9.80. The number of benzene rings is 2. The number of fused-ring (bicyclic) bond motifs is 3. The fourth-order valence-electron chi connectivity index (χ4n) is 4.46. The molecule has 0 bridgehead atoms. The summed E-state index contributed by atoms with van der Waals surface area (Å²) >= 11 is 0. The van der Waals surface area contributed by atoms with Crippen LogP contribution in [0, 0.1) is 0 Å². The van der Waals surface area contributed by atoms with Gasteiger partial charge in [-0.15, -0.1) is 0 Å². The van der Waals surface area contributed by atoms with Gasteiger partial charge < -0.3 is 25.6 Å². The molecule has 8 heteroatoms. The van der Waals surface area contributed by atoms with Gasteiger partial charge in [-0.2, -0.15) is 0 Å². The molecule has 2 aromatic rings. The number of rotatable bonds is 9. The zero-order valence-corrected chi connectivity index (χ0v) is 18.3. The number of carbonyl (C=O) groups excluding carboxylic acids is 2. The summed E-state index contributed by atoms with van der Waals surface area (Å²) in [5.74, 6) is -1.73. The maximum absolute atomic E-state index is 12.6. The first-order valence-corrected chi connectivity index (χ1v) is 11.2. The van der Waals surface area contributed by atoms with Crippen LogP contribution in [0.4, 0.5) is 4.79 Å². The monoisotopic (exact) mass is 452 g/mol. The first-order valence-electron chi connectivity index (χ1n) is 11.2. The van der Waals surface area contributed by atoms with Gasteiger partial charge in [0.05, 0.1) is 5.60 Å². The van der Waals surface area contributed by atoms with Gasteiger partial charge in [0.15, 0.2) is 0 Å². The number of aliphatic hydroxyl groups is 1. The largest absolute Gasteiger partial charge is 0.481 e. The first-order chi connectivity index (χ1) is 15.9. The van der Waals surface area contributed by atoms with E-state index in [-0.39, 0.29) is 31.9 Å². The van der Waals surface area contributed by atoms with Crippen molar-refractivity contribution in [1.29, 1.82) is 0 Å². The number of carboxylic acid groups (broad SMARTS) is 1. The predicted molar refractivity (Wildman–Crippen MR) is 121 cm³/mol. The van der Waals surface area contributed by atoms with Crippen LogP contribution in [0.5, 0.6) is 0 Å². The Morgan fingerprint density at radius 2 is 1.64 bits per heavy atom. The molecule has 0 aromatic heterocycles. The highest BCUT2D eigenvalue weighted by Crippen LogP contribution is 2.44. The first kappa shape index (κ1) is 22.8. The Hall–Kier alpha value is -3.39. The molecule has 2 aliphatic rings. The maximum atomic E-state index is 12.6. The van der Waals surface area contributed by atoms with E-state index in [4.69, 9.17) is 9.84 Å². The molecule has 2 amide bonds. The van der Waals surface area contributed by atoms with Gasteiger partial charge in [0, 0.05) is 18.9 Å². The summed E-state index contributed by atoms with van der Waals surface area (Å²) in [5.41, 5.74) is 3.43. The third-order valence-electron chi connectivity index (χ3n) is 6.48. The van der Waals surface area contributed by atoms with Crippen LogP contribution in [0.15, 0.2) is 48.5 Å². The number of hydrogen-bond donors (Lipinski definition) is 4. The second kappa shape index (κ2) is 9.62. The van der Waals surface area contributed by atoms with Crippen LogP contribution >= 0.6 is 0 Å². The van der Waals surface area contributed by atoms with Gasteiger partial charge >= 0.3 is 12.1 Å². The lowest BCUT2D eigenvalue weighted by Crippen LogP contribution is -2.53. The zero-order chi connectivity index (χ0) is 23.4. The highest BCUT2D eigenvalue weighted by molar-refractivity contribution is 5.86. The summed E-state index contributed by atoms with van der Waals surface area (Å²) in [6, 6.07) is 14.9. The summed E-state index contributed by atoms with van der Waals surface area (Å²) in [6.45, 7) is 0.161. The number of nitrogens with one attached hydrogen (secondary N) is 2. The van der Waals surface area contributed by atoms with Gasteiger partial charge in [0.25, 0.3) is 0 Å². The Bertz CT molecular complexity index is 1000. The molecule has 0 spiro atoms. The molecular formula is C25H28N2O6. The van der Waals surface area contributed by atoms with Gasteiger partial charge in [-0.05, 0) is 47.9 Å². The number of hydrogen-bond acceptors (Lipinski definition) is 5. The van der Waals surface area contributed by atoms with Crippen molar-refractivity contribution in [2.45, 2.75) is 49.7 Å². The van der Waals surface area contributed by atoms with E-state index in [1.165, 1.54) is 0 Å². The van der Waals surface area contributed by atoms with Crippen molar-refractivity contribution in [3.63, 3.8) is 0 Å². The molecule has 4 rings (SSSR count). The van der Waals surface area contributed by atoms with Crippen molar-refractivity contribution < 1.29 is 29.3 Å². The van der Waals surface area contributed by atoms with E-state index in [1.807, 2.05) is 48.5 Å². The average Bonchev–Trinajstić information content (AvgIpc) is 3.11. The Balaban J connectivity index is 1.38. The van der Waals surface area contributed by atoms with Crippen molar-refractivity contribution in [3.8, 4) is 11.1 Å². The minimum absolute atomic E-state index is 0.0712. The van der Waals surface area contributed by atoms with E-state index >= 15 is 0 Å². The van der Waals surface area contributed by atoms with E-state index < -0.39 is 29.6 Å². The SMILES string of the molecule is O=C(O)CCC(NC(=O)OCC1c2ccccc2-c2ccccc21)C(=O)NCC1(O)CCC1. The molecule has 2 aromatic carbocycles. The molecule has 4 N–H and O–H groups in total. The molecule has 8 nitrogen and oxygen atoms in total. The van der Waals surface area contributed by atoms with E-state index in [1.54, 1.807) is 0 Å². The minimum Gasteiger partial charge on any atom is -0.481 e. The van der Waals surface area contributed by atoms with Crippen LogP contribution < -0.4 is 10.6 Å². The predicted octanol–water partition coefficient (Wildman–Crippen LogP) is 2.79. The van der Waals surface area contributed by atoms with Crippen LogP contribution in [-0.4, -0.2) is 53.0 Å². The molecule has 0 heterocycles. The summed E-state index contributed by atoms with van der Waals surface area (Å²) in [6.07, 6.45) is 0.951. The molecular weight excluding hydrogens is 424 g/mol. The lowest BCUT2D eigenvalue weighted by Gasteiger charge is -2.36. The molecule has 33 heavy (non-hydrogen) atoms. The summed E-state index contributed by atoms with van der Waals surface area (Å²) in [7, 11) is 0. The third kappa shape index (κ3) is 5.17. The Kier molecular flexibility index (Phi) is 6.65. The number of aliphatic carboxylic acids is 1. The maximum Gasteiger partial charge on any atom is 0.407 e. The van der Waals surface area contributed by atoms with Crippen molar-refractivity contribution in [2.24, 2.45) is 0 Å². The number of ether oxygens (including phenoxy) is 1. The average molecular weight is 453 g/mol. The molecule has 1 atom stereocenters. The van der Waals surface area contributed by atoms with Crippen molar-refractivity contribution in [1.82, 2.24) is 10.6 Å². The molecule has 174 valence electrons. The Morgan fingerprint density at radius 3 is 2.18 bits per heavy atom. The van der Waals surface area contributed by atoms with Gasteiger partial charge in [0.2, 0.25) is 5.91 Å². The van der Waals surface area contributed by atoms with E-state index in [0.717, 1.165) is 28.7 Å². The van der Waals surface area contributed by atoms with Crippen LogP contribution in [0.25, 0.3) is 11.1 Å². The fourth-order valence-corrected chi connectivity index (χ4v) is 4.46. The third-order valence-corrected chi connectivity index (χ3v) is 6.48. The highest BCUT2D eigenvalue weighted by Gasteiger charge is 2.35. The molecule has 1 unspecified atom stereocenters. The number of carbonyl (C=O) groups is 3. The molecule has 0 saturated heterocycles. The van der Waals surface area contributed by atoms with Gasteiger partial charge in [0.1, 0.15) is 12.6 Å². The van der Waals surface area contributed by atoms with E-state index in [2.05, 4.69) is 10.6 Å². The smallest absolute Gasteiger partial charge is 0.407 e. The molecule has 1 saturated carbocycles. The Morgan fingerprint density at radius 1 is 1.03 bits per heavy atom. The summed E-state index contributed by atoms with van der Waals surface area (Å²) in [5, 5.41) is 24.3. The van der Waals surface area contributed by atoms with Crippen molar-refractivity contribution >= 4 is 18.0 Å².